The zero-order valence-corrected chi connectivity index (χ0v) is 10.1. The van der Waals surface area contributed by atoms with Crippen LogP contribution >= 0.6 is 0 Å². The first-order valence-electron chi connectivity index (χ1n) is 6.46. The molecule has 1 heterocycles. The quantitative estimate of drug-likeness (QED) is 0.734. The SMILES string of the molecule is CC1CCN(C(=O)NOC2CCCC2)CC1. The maximum atomic E-state index is 11.8. The van der Waals surface area contributed by atoms with Crippen molar-refractivity contribution in [3.8, 4) is 0 Å². The van der Waals surface area contributed by atoms with Crippen LogP contribution in [-0.2, 0) is 4.84 Å². The number of hydrogen-bond acceptors (Lipinski definition) is 2. The highest BCUT2D eigenvalue weighted by Crippen LogP contribution is 2.20. The van der Waals surface area contributed by atoms with Crippen LogP contribution < -0.4 is 5.48 Å². The number of nitrogens with zero attached hydrogens (tertiary/aromatic N) is 1. The van der Waals surface area contributed by atoms with Gasteiger partial charge >= 0.3 is 6.03 Å². The molecule has 0 bridgehead atoms. The summed E-state index contributed by atoms with van der Waals surface area (Å²) in [6.07, 6.45) is 7.07. The lowest BCUT2D eigenvalue weighted by Gasteiger charge is -2.30. The second-order valence-corrected chi connectivity index (χ2v) is 5.10. The Morgan fingerprint density at radius 3 is 2.44 bits per heavy atom. The van der Waals surface area contributed by atoms with Crippen molar-refractivity contribution in [1.29, 1.82) is 0 Å². The molecule has 0 aromatic heterocycles. The highest BCUT2D eigenvalue weighted by Gasteiger charge is 2.22. The van der Waals surface area contributed by atoms with E-state index in [9.17, 15) is 4.79 Å². The molecule has 0 radical (unpaired) electrons. The Kier molecular flexibility index (Phi) is 4.04. The van der Waals surface area contributed by atoms with Crippen molar-refractivity contribution in [2.45, 2.75) is 51.6 Å². The number of rotatable bonds is 2. The molecule has 2 rings (SSSR count). The smallest absolute Gasteiger partial charge is 0.323 e. The predicted molar refractivity (Wildman–Crippen MR) is 61.8 cm³/mol. The predicted octanol–water partition coefficient (Wildman–Crippen LogP) is 2.30. The van der Waals surface area contributed by atoms with Crippen LogP contribution in [0.5, 0.6) is 0 Å². The molecule has 4 heteroatoms. The molecule has 0 atom stereocenters. The molecular weight excluding hydrogens is 204 g/mol. The largest absolute Gasteiger partial charge is 0.341 e. The number of carbonyl (C=O) groups is 1. The summed E-state index contributed by atoms with van der Waals surface area (Å²) in [7, 11) is 0. The zero-order valence-electron chi connectivity index (χ0n) is 10.1. The highest BCUT2D eigenvalue weighted by molar-refractivity contribution is 5.73. The topological polar surface area (TPSA) is 41.6 Å². The number of nitrogens with one attached hydrogen (secondary N) is 1. The number of amides is 2. The second kappa shape index (κ2) is 5.53. The van der Waals surface area contributed by atoms with E-state index in [0.29, 0.717) is 0 Å². The first-order valence-corrected chi connectivity index (χ1v) is 6.46. The Morgan fingerprint density at radius 2 is 1.81 bits per heavy atom. The van der Waals surface area contributed by atoms with Crippen molar-refractivity contribution in [2.24, 2.45) is 5.92 Å². The van der Waals surface area contributed by atoms with Gasteiger partial charge in [-0.15, -0.1) is 0 Å². The molecule has 16 heavy (non-hydrogen) atoms. The van der Waals surface area contributed by atoms with E-state index in [2.05, 4.69) is 12.4 Å². The molecule has 0 unspecified atom stereocenters. The third-order valence-electron chi connectivity index (χ3n) is 3.69. The van der Waals surface area contributed by atoms with Gasteiger partial charge in [0.1, 0.15) is 0 Å². The van der Waals surface area contributed by atoms with E-state index in [-0.39, 0.29) is 12.1 Å². The third kappa shape index (κ3) is 3.11. The summed E-state index contributed by atoms with van der Waals surface area (Å²) in [5, 5.41) is 0. The molecular formula is C12H22N2O2. The van der Waals surface area contributed by atoms with Gasteiger partial charge in [0.15, 0.2) is 0 Å². The number of piperidine rings is 1. The minimum atomic E-state index is -0.0567. The highest BCUT2D eigenvalue weighted by atomic mass is 16.7. The van der Waals surface area contributed by atoms with E-state index in [1.165, 1.54) is 12.8 Å². The van der Waals surface area contributed by atoms with Gasteiger partial charge in [0, 0.05) is 13.1 Å². The van der Waals surface area contributed by atoms with Crippen LogP contribution in [0.3, 0.4) is 0 Å². The molecule has 2 fully saturated rings. The summed E-state index contributed by atoms with van der Waals surface area (Å²) < 4.78 is 0. The van der Waals surface area contributed by atoms with Gasteiger partial charge in [-0.1, -0.05) is 19.8 Å². The minimum Gasteiger partial charge on any atom is -0.323 e. The van der Waals surface area contributed by atoms with Crippen molar-refractivity contribution in [3.63, 3.8) is 0 Å². The molecule has 1 N–H and O–H groups in total. The van der Waals surface area contributed by atoms with Gasteiger partial charge in [-0.2, -0.15) is 0 Å². The van der Waals surface area contributed by atoms with Gasteiger partial charge in [-0.3, -0.25) is 4.84 Å². The fraction of sp³-hybridized carbons (Fsp3) is 0.917. The average Bonchev–Trinajstić information content (AvgIpc) is 2.80. The molecule has 1 aliphatic carbocycles. The third-order valence-corrected chi connectivity index (χ3v) is 3.69. The monoisotopic (exact) mass is 226 g/mol. The number of hydrogen-bond donors (Lipinski definition) is 1. The Bertz CT molecular complexity index is 231. The van der Waals surface area contributed by atoms with Crippen LogP contribution in [0, 0.1) is 5.92 Å². The standard InChI is InChI=1S/C12H22N2O2/c1-10-6-8-14(9-7-10)12(15)13-16-11-4-2-3-5-11/h10-11H,2-9H2,1H3,(H,13,15). The Balaban J connectivity index is 1.67. The number of likely N-dealkylation sites (tertiary alicyclic amines) is 1. The summed E-state index contributed by atoms with van der Waals surface area (Å²) in [4.78, 5) is 19.0. The van der Waals surface area contributed by atoms with Gasteiger partial charge in [0.25, 0.3) is 0 Å². The van der Waals surface area contributed by atoms with Crippen LogP contribution in [0.15, 0.2) is 0 Å². The molecule has 92 valence electrons. The van der Waals surface area contributed by atoms with Gasteiger partial charge in [0.05, 0.1) is 6.10 Å². The number of carbonyl (C=O) groups excluding carboxylic acids is 1. The average molecular weight is 226 g/mol. The second-order valence-electron chi connectivity index (χ2n) is 5.10. The van der Waals surface area contributed by atoms with Gasteiger partial charge < -0.3 is 4.90 Å². The van der Waals surface area contributed by atoms with Crippen LogP contribution in [0.2, 0.25) is 0 Å². The number of urea groups is 1. The van der Waals surface area contributed by atoms with Crippen molar-refractivity contribution in [1.82, 2.24) is 10.4 Å². The minimum absolute atomic E-state index is 0.0567. The van der Waals surface area contributed by atoms with Crippen LogP contribution in [0.1, 0.15) is 45.4 Å². The maximum Gasteiger partial charge on any atom is 0.341 e. The molecule has 0 aromatic rings. The van der Waals surface area contributed by atoms with Crippen LogP contribution in [-0.4, -0.2) is 30.1 Å². The maximum absolute atomic E-state index is 11.8. The van der Waals surface area contributed by atoms with E-state index in [4.69, 9.17) is 4.84 Å². The molecule has 4 nitrogen and oxygen atoms in total. The summed E-state index contributed by atoms with van der Waals surface area (Å²) >= 11 is 0. The normalized spacial score (nSPS) is 23.7. The zero-order chi connectivity index (χ0) is 11.4. The summed E-state index contributed by atoms with van der Waals surface area (Å²) in [5.41, 5.74) is 2.60. The van der Waals surface area contributed by atoms with E-state index in [0.717, 1.165) is 44.7 Å². The molecule has 0 aromatic carbocycles. The van der Waals surface area contributed by atoms with Gasteiger partial charge in [-0.05, 0) is 31.6 Å². The summed E-state index contributed by atoms with van der Waals surface area (Å²) in [5.74, 6) is 0.750. The molecule has 0 spiro atoms. The summed E-state index contributed by atoms with van der Waals surface area (Å²) in [6.45, 7) is 3.96. The van der Waals surface area contributed by atoms with E-state index >= 15 is 0 Å². The number of hydroxylamine groups is 1. The molecule has 2 amide bonds. The lowest BCUT2D eigenvalue weighted by Crippen LogP contribution is -2.45. The van der Waals surface area contributed by atoms with Crippen molar-refractivity contribution >= 4 is 6.03 Å². The Morgan fingerprint density at radius 1 is 1.19 bits per heavy atom. The van der Waals surface area contributed by atoms with Gasteiger partial charge in [-0.25, -0.2) is 10.3 Å². The van der Waals surface area contributed by atoms with E-state index < -0.39 is 0 Å². The van der Waals surface area contributed by atoms with Crippen molar-refractivity contribution in [3.05, 3.63) is 0 Å². The Hall–Kier alpha value is -0.770. The van der Waals surface area contributed by atoms with Crippen molar-refractivity contribution < 1.29 is 9.63 Å². The molecule has 2 aliphatic rings. The molecule has 1 aliphatic heterocycles. The fourth-order valence-electron chi connectivity index (χ4n) is 2.42. The van der Waals surface area contributed by atoms with Gasteiger partial charge in [0.2, 0.25) is 0 Å². The van der Waals surface area contributed by atoms with Crippen LogP contribution in [0.25, 0.3) is 0 Å². The van der Waals surface area contributed by atoms with Crippen LogP contribution in [0.4, 0.5) is 4.79 Å². The van der Waals surface area contributed by atoms with E-state index in [1.54, 1.807) is 0 Å². The lowest BCUT2D eigenvalue weighted by molar-refractivity contribution is -0.00982. The summed E-state index contributed by atoms with van der Waals surface area (Å²) in [6, 6.07) is -0.0567. The molecule has 1 saturated carbocycles. The van der Waals surface area contributed by atoms with Crippen molar-refractivity contribution in [2.75, 3.05) is 13.1 Å². The first kappa shape index (κ1) is 11.7. The fourth-order valence-corrected chi connectivity index (χ4v) is 2.42. The van der Waals surface area contributed by atoms with E-state index in [1.807, 2.05) is 4.90 Å². The molecule has 1 saturated heterocycles. The lowest BCUT2D eigenvalue weighted by atomic mass is 10.00. The Labute approximate surface area is 97.3 Å². The first-order chi connectivity index (χ1) is 7.75.